The molecule has 2 aliphatic rings. The number of amides is 1. The Morgan fingerprint density at radius 1 is 1.24 bits per heavy atom. The van der Waals surface area contributed by atoms with Gasteiger partial charge in [-0.25, -0.2) is 8.42 Å². The van der Waals surface area contributed by atoms with Crippen LogP contribution in [0.2, 0.25) is 0 Å². The average Bonchev–Trinajstić information content (AvgIpc) is 2.89. The van der Waals surface area contributed by atoms with Crippen LogP contribution in [0.15, 0.2) is 6.20 Å². The molecule has 0 spiro atoms. The number of aromatic nitrogens is 2. The number of sulfonamides is 1. The van der Waals surface area contributed by atoms with Crippen LogP contribution in [-0.4, -0.2) is 72.4 Å². The van der Waals surface area contributed by atoms with E-state index < -0.39 is 10.0 Å². The maximum absolute atomic E-state index is 12.5. The van der Waals surface area contributed by atoms with Crippen molar-refractivity contribution in [2.75, 3.05) is 39.1 Å². The number of carbonyl (C=O) groups is 1. The van der Waals surface area contributed by atoms with Crippen LogP contribution in [0, 0.1) is 0 Å². The fourth-order valence-corrected chi connectivity index (χ4v) is 3.39. The molecule has 0 bridgehead atoms. The minimum Gasteiger partial charge on any atom is -0.378 e. The van der Waals surface area contributed by atoms with Gasteiger partial charge in [-0.3, -0.25) is 9.48 Å². The summed E-state index contributed by atoms with van der Waals surface area (Å²) in [6.45, 7) is 3.23. The molecule has 2 aliphatic heterocycles. The first-order valence-corrected chi connectivity index (χ1v) is 8.68. The van der Waals surface area contributed by atoms with Crippen molar-refractivity contribution in [1.29, 1.82) is 0 Å². The van der Waals surface area contributed by atoms with E-state index >= 15 is 0 Å². The predicted molar refractivity (Wildman–Crippen MR) is 74.2 cm³/mol. The van der Waals surface area contributed by atoms with Gasteiger partial charge in [0.2, 0.25) is 10.0 Å². The van der Waals surface area contributed by atoms with E-state index in [4.69, 9.17) is 4.74 Å². The molecule has 21 heavy (non-hydrogen) atoms. The molecule has 1 fully saturated rings. The minimum absolute atomic E-state index is 0.102. The van der Waals surface area contributed by atoms with E-state index in [2.05, 4.69) is 5.10 Å². The van der Waals surface area contributed by atoms with Crippen molar-refractivity contribution < 1.29 is 17.9 Å². The SMILES string of the molecule is CS(=O)(=O)N1CCn2ncc(C(=O)N3CCOCC3)c2C1. The van der Waals surface area contributed by atoms with Gasteiger partial charge in [0.05, 0.1) is 50.0 Å². The molecule has 1 saturated heterocycles. The first-order chi connectivity index (χ1) is 9.97. The summed E-state index contributed by atoms with van der Waals surface area (Å²) in [4.78, 5) is 14.3. The van der Waals surface area contributed by atoms with Crippen molar-refractivity contribution in [3.8, 4) is 0 Å². The Kier molecular flexibility index (Phi) is 3.72. The first kappa shape index (κ1) is 14.5. The smallest absolute Gasteiger partial charge is 0.257 e. The highest BCUT2D eigenvalue weighted by Gasteiger charge is 2.30. The van der Waals surface area contributed by atoms with Gasteiger partial charge in [-0.1, -0.05) is 0 Å². The van der Waals surface area contributed by atoms with Gasteiger partial charge >= 0.3 is 0 Å². The second-order valence-corrected chi connectivity index (χ2v) is 7.21. The Morgan fingerprint density at radius 3 is 2.62 bits per heavy atom. The zero-order valence-corrected chi connectivity index (χ0v) is 12.7. The van der Waals surface area contributed by atoms with Crippen LogP contribution in [0.3, 0.4) is 0 Å². The van der Waals surface area contributed by atoms with Crippen LogP contribution in [-0.2, 0) is 27.8 Å². The topological polar surface area (TPSA) is 84.7 Å². The van der Waals surface area contributed by atoms with E-state index in [9.17, 15) is 13.2 Å². The normalized spacial score (nSPS) is 20.3. The molecule has 0 radical (unpaired) electrons. The quantitative estimate of drug-likeness (QED) is 0.708. The summed E-state index contributed by atoms with van der Waals surface area (Å²) in [7, 11) is -3.27. The van der Waals surface area contributed by atoms with Gasteiger partial charge in [-0.05, 0) is 0 Å². The zero-order chi connectivity index (χ0) is 15.0. The summed E-state index contributed by atoms with van der Waals surface area (Å²) in [6.07, 6.45) is 2.72. The molecule has 1 amide bonds. The van der Waals surface area contributed by atoms with Gasteiger partial charge in [0.15, 0.2) is 0 Å². The summed E-state index contributed by atoms with van der Waals surface area (Å²) in [5, 5.41) is 4.21. The fraction of sp³-hybridized carbons (Fsp3) is 0.667. The molecule has 1 aromatic rings. The summed E-state index contributed by atoms with van der Waals surface area (Å²) < 4.78 is 31.7. The molecule has 3 rings (SSSR count). The number of hydrogen-bond donors (Lipinski definition) is 0. The molecular weight excluding hydrogens is 296 g/mol. The van der Waals surface area contributed by atoms with Crippen LogP contribution in [0.25, 0.3) is 0 Å². The van der Waals surface area contributed by atoms with Crippen LogP contribution >= 0.6 is 0 Å². The summed E-state index contributed by atoms with van der Waals surface area (Å²) in [5.74, 6) is -0.102. The van der Waals surface area contributed by atoms with Crippen molar-refractivity contribution >= 4 is 15.9 Å². The highest BCUT2D eigenvalue weighted by Crippen LogP contribution is 2.20. The number of rotatable bonds is 2. The third-order valence-corrected chi connectivity index (χ3v) is 5.08. The van der Waals surface area contributed by atoms with Crippen LogP contribution in [0.1, 0.15) is 16.1 Å². The van der Waals surface area contributed by atoms with Crippen molar-refractivity contribution in [2.45, 2.75) is 13.1 Å². The molecular formula is C12H18N4O4S. The van der Waals surface area contributed by atoms with Gasteiger partial charge in [0.25, 0.3) is 5.91 Å². The molecule has 116 valence electrons. The Balaban J connectivity index is 1.85. The lowest BCUT2D eigenvalue weighted by atomic mass is 10.2. The second kappa shape index (κ2) is 5.39. The van der Waals surface area contributed by atoms with Crippen molar-refractivity contribution in [1.82, 2.24) is 19.0 Å². The van der Waals surface area contributed by atoms with E-state index in [0.29, 0.717) is 50.7 Å². The fourth-order valence-electron chi connectivity index (χ4n) is 2.62. The van der Waals surface area contributed by atoms with E-state index in [1.807, 2.05) is 0 Å². The Bertz CT molecular complexity index is 648. The first-order valence-electron chi connectivity index (χ1n) is 6.83. The Labute approximate surface area is 123 Å². The van der Waals surface area contributed by atoms with Gasteiger partial charge in [0.1, 0.15) is 0 Å². The number of carbonyl (C=O) groups excluding carboxylic acids is 1. The Morgan fingerprint density at radius 2 is 1.95 bits per heavy atom. The minimum atomic E-state index is -3.27. The largest absolute Gasteiger partial charge is 0.378 e. The summed E-state index contributed by atoms with van der Waals surface area (Å²) in [6, 6.07) is 0. The third-order valence-electron chi connectivity index (χ3n) is 3.83. The molecule has 0 aromatic carbocycles. The van der Waals surface area contributed by atoms with E-state index in [1.165, 1.54) is 10.6 Å². The lowest BCUT2D eigenvalue weighted by Gasteiger charge is -2.29. The lowest BCUT2D eigenvalue weighted by molar-refractivity contribution is 0.0301. The molecule has 0 aliphatic carbocycles. The standard InChI is InChI=1S/C12H18N4O4S/c1-21(18,19)15-2-3-16-11(9-15)10(8-13-16)12(17)14-4-6-20-7-5-14/h8H,2-7,9H2,1H3. The van der Waals surface area contributed by atoms with E-state index in [1.54, 1.807) is 15.8 Å². The zero-order valence-electron chi connectivity index (χ0n) is 11.9. The van der Waals surface area contributed by atoms with Gasteiger partial charge in [0, 0.05) is 19.6 Å². The molecule has 1 aromatic heterocycles. The van der Waals surface area contributed by atoms with Crippen molar-refractivity contribution in [2.24, 2.45) is 0 Å². The van der Waals surface area contributed by atoms with Gasteiger partial charge in [-0.2, -0.15) is 9.40 Å². The number of ether oxygens (including phenoxy) is 1. The maximum atomic E-state index is 12.5. The summed E-state index contributed by atoms with van der Waals surface area (Å²) >= 11 is 0. The molecule has 0 unspecified atom stereocenters. The van der Waals surface area contributed by atoms with Crippen molar-refractivity contribution in [3.05, 3.63) is 17.5 Å². The molecule has 9 heteroatoms. The second-order valence-electron chi connectivity index (χ2n) is 5.23. The lowest BCUT2D eigenvalue weighted by Crippen LogP contribution is -2.42. The number of morpholine rings is 1. The predicted octanol–water partition coefficient (Wildman–Crippen LogP) is -0.869. The third kappa shape index (κ3) is 2.81. The van der Waals surface area contributed by atoms with Crippen LogP contribution < -0.4 is 0 Å². The summed E-state index contributed by atoms with van der Waals surface area (Å²) in [5.41, 5.74) is 1.16. The number of nitrogens with zero attached hydrogens (tertiary/aromatic N) is 4. The molecule has 3 heterocycles. The van der Waals surface area contributed by atoms with E-state index in [0.717, 1.165) is 0 Å². The maximum Gasteiger partial charge on any atom is 0.257 e. The van der Waals surface area contributed by atoms with E-state index in [-0.39, 0.29) is 12.5 Å². The van der Waals surface area contributed by atoms with Crippen LogP contribution in [0.5, 0.6) is 0 Å². The molecule has 0 saturated carbocycles. The van der Waals surface area contributed by atoms with Crippen LogP contribution in [0.4, 0.5) is 0 Å². The number of hydrogen-bond acceptors (Lipinski definition) is 5. The van der Waals surface area contributed by atoms with Gasteiger partial charge < -0.3 is 9.64 Å². The Hall–Kier alpha value is -1.45. The molecule has 8 nitrogen and oxygen atoms in total. The van der Waals surface area contributed by atoms with Gasteiger partial charge in [-0.15, -0.1) is 0 Å². The average molecular weight is 314 g/mol. The molecule has 0 atom stereocenters. The highest BCUT2D eigenvalue weighted by atomic mass is 32.2. The number of fused-ring (bicyclic) bond motifs is 1. The monoisotopic (exact) mass is 314 g/mol. The molecule has 0 N–H and O–H groups in total. The van der Waals surface area contributed by atoms with Crippen molar-refractivity contribution in [3.63, 3.8) is 0 Å². The highest BCUT2D eigenvalue weighted by molar-refractivity contribution is 7.88.